The quantitative estimate of drug-likeness (QED) is 0.418. The molecule has 3 aromatic rings. The summed E-state index contributed by atoms with van der Waals surface area (Å²) in [6, 6.07) is 2.05. The molecule has 0 unspecified atom stereocenters. The molecule has 0 amide bonds. The molecule has 0 aliphatic carbocycles. The third-order valence-electron chi connectivity index (χ3n) is 2.38. The number of fused-ring (bicyclic) bond motifs is 1. The summed E-state index contributed by atoms with van der Waals surface area (Å²) in [6.45, 7) is 2.03. The average Bonchev–Trinajstić information content (AvgIpc) is 2.95. The standard InChI is InChI=1S/C9H10N8S2/c1-4-3-5-6(18-4)11-8(13-10)12-7(5)19-9-14-15-16-17(9)2/h3H,10H2,1-2H3,(H,11,12,13). The van der Waals surface area contributed by atoms with Gasteiger partial charge in [-0.3, -0.25) is 5.43 Å². The number of thiophene rings is 1. The van der Waals surface area contributed by atoms with Crippen molar-refractivity contribution in [2.45, 2.75) is 17.1 Å². The highest BCUT2D eigenvalue weighted by Crippen LogP contribution is 2.34. The molecule has 10 heteroatoms. The summed E-state index contributed by atoms with van der Waals surface area (Å²) < 4.78 is 1.59. The second-order valence-corrected chi connectivity index (χ2v) is 5.95. The highest BCUT2D eigenvalue weighted by molar-refractivity contribution is 7.99. The van der Waals surface area contributed by atoms with E-state index in [-0.39, 0.29) is 0 Å². The second kappa shape index (κ2) is 4.72. The van der Waals surface area contributed by atoms with Gasteiger partial charge >= 0.3 is 0 Å². The predicted octanol–water partition coefficient (Wildman–Crippen LogP) is 0.960. The van der Waals surface area contributed by atoms with E-state index in [1.165, 1.54) is 11.8 Å². The first-order valence-corrected chi connectivity index (χ1v) is 6.95. The van der Waals surface area contributed by atoms with E-state index in [2.05, 4.69) is 30.9 Å². The third kappa shape index (κ3) is 2.25. The van der Waals surface area contributed by atoms with Crippen LogP contribution in [0.1, 0.15) is 4.88 Å². The van der Waals surface area contributed by atoms with E-state index < -0.39 is 0 Å². The molecule has 8 nitrogen and oxygen atoms in total. The Hall–Kier alpha value is -1.78. The number of hydrogen-bond acceptors (Lipinski definition) is 9. The molecular weight excluding hydrogens is 284 g/mol. The highest BCUT2D eigenvalue weighted by atomic mass is 32.2. The molecule has 3 N–H and O–H groups in total. The van der Waals surface area contributed by atoms with Crippen LogP contribution in [0.5, 0.6) is 0 Å². The maximum atomic E-state index is 5.39. The number of rotatable bonds is 3. The first-order chi connectivity index (χ1) is 9.17. The summed E-state index contributed by atoms with van der Waals surface area (Å²) >= 11 is 2.97. The van der Waals surface area contributed by atoms with Gasteiger partial charge in [0.25, 0.3) is 0 Å². The van der Waals surface area contributed by atoms with Crippen molar-refractivity contribution >= 4 is 39.3 Å². The first kappa shape index (κ1) is 12.3. The largest absolute Gasteiger partial charge is 0.292 e. The third-order valence-corrected chi connectivity index (χ3v) is 4.36. The molecule has 0 aliphatic rings. The Morgan fingerprint density at radius 1 is 1.42 bits per heavy atom. The van der Waals surface area contributed by atoms with Gasteiger partial charge in [-0.15, -0.1) is 16.4 Å². The fourth-order valence-corrected chi connectivity index (χ4v) is 3.31. The van der Waals surface area contributed by atoms with Crippen molar-refractivity contribution < 1.29 is 0 Å². The van der Waals surface area contributed by atoms with Crippen LogP contribution in [0.15, 0.2) is 16.2 Å². The molecule has 3 aromatic heterocycles. The Morgan fingerprint density at radius 3 is 2.95 bits per heavy atom. The van der Waals surface area contributed by atoms with E-state index in [9.17, 15) is 0 Å². The van der Waals surface area contributed by atoms with E-state index >= 15 is 0 Å². The number of aromatic nitrogens is 6. The number of anilines is 1. The van der Waals surface area contributed by atoms with Crippen LogP contribution in [0.3, 0.4) is 0 Å². The van der Waals surface area contributed by atoms with Crippen LogP contribution < -0.4 is 11.3 Å². The van der Waals surface area contributed by atoms with E-state index in [1.807, 2.05) is 13.0 Å². The second-order valence-electron chi connectivity index (χ2n) is 3.76. The van der Waals surface area contributed by atoms with Crippen LogP contribution in [-0.4, -0.2) is 30.2 Å². The highest BCUT2D eigenvalue weighted by Gasteiger charge is 2.14. The molecule has 3 rings (SSSR count). The Balaban J connectivity index is 2.13. The molecule has 0 atom stereocenters. The number of hydrogen-bond donors (Lipinski definition) is 2. The summed E-state index contributed by atoms with van der Waals surface area (Å²) in [7, 11) is 1.78. The lowest BCUT2D eigenvalue weighted by atomic mass is 10.4. The molecule has 98 valence electrons. The van der Waals surface area contributed by atoms with Gasteiger partial charge in [-0.1, -0.05) is 0 Å². The number of nitrogens with two attached hydrogens (primary N) is 1. The predicted molar refractivity (Wildman–Crippen MR) is 72.9 cm³/mol. The van der Waals surface area contributed by atoms with Crippen LogP contribution in [0, 0.1) is 6.92 Å². The molecule has 3 heterocycles. The van der Waals surface area contributed by atoms with Crippen molar-refractivity contribution in [3.8, 4) is 0 Å². The number of aryl methyl sites for hydroxylation is 2. The maximum Gasteiger partial charge on any atom is 0.239 e. The van der Waals surface area contributed by atoms with Gasteiger partial charge in [0.2, 0.25) is 11.1 Å². The zero-order valence-corrected chi connectivity index (χ0v) is 11.8. The lowest BCUT2D eigenvalue weighted by molar-refractivity contribution is 0.664. The monoisotopic (exact) mass is 294 g/mol. The lowest BCUT2D eigenvalue weighted by Gasteiger charge is -2.03. The summed E-state index contributed by atoms with van der Waals surface area (Å²) in [5.41, 5.74) is 2.48. The van der Waals surface area contributed by atoms with Gasteiger partial charge in [-0.05, 0) is 35.2 Å². The minimum absolute atomic E-state index is 0.381. The average molecular weight is 294 g/mol. The van der Waals surface area contributed by atoms with E-state index in [0.717, 1.165) is 20.1 Å². The van der Waals surface area contributed by atoms with Crippen molar-refractivity contribution in [1.82, 2.24) is 30.2 Å². The normalized spacial score (nSPS) is 11.1. The zero-order chi connectivity index (χ0) is 13.4. The summed E-state index contributed by atoms with van der Waals surface area (Å²) in [5.74, 6) is 5.78. The number of tetrazole rings is 1. The molecular formula is C9H10N8S2. The van der Waals surface area contributed by atoms with Crippen molar-refractivity contribution in [2.75, 3.05) is 5.43 Å². The molecule has 0 aromatic carbocycles. The first-order valence-electron chi connectivity index (χ1n) is 5.32. The molecule has 19 heavy (non-hydrogen) atoms. The molecule has 0 saturated carbocycles. The van der Waals surface area contributed by atoms with Crippen LogP contribution in [0.25, 0.3) is 10.2 Å². The molecule has 0 spiro atoms. The number of nitrogens with zero attached hydrogens (tertiary/aromatic N) is 6. The SMILES string of the molecule is Cc1cc2c(Sc3nnnn3C)nc(NN)nc2s1. The van der Waals surface area contributed by atoms with Crippen LogP contribution >= 0.6 is 23.1 Å². The van der Waals surface area contributed by atoms with Crippen molar-refractivity contribution in [3.05, 3.63) is 10.9 Å². The Morgan fingerprint density at radius 2 is 2.26 bits per heavy atom. The van der Waals surface area contributed by atoms with E-state index in [0.29, 0.717) is 11.1 Å². The molecule has 0 saturated heterocycles. The summed E-state index contributed by atoms with van der Waals surface area (Å²) in [4.78, 5) is 10.7. The van der Waals surface area contributed by atoms with Gasteiger partial charge in [0.05, 0.1) is 0 Å². The molecule has 0 radical (unpaired) electrons. The van der Waals surface area contributed by atoms with Gasteiger partial charge in [0.1, 0.15) is 9.86 Å². The van der Waals surface area contributed by atoms with Gasteiger partial charge in [-0.2, -0.15) is 0 Å². The lowest BCUT2D eigenvalue weighted by Crippen LogP contribution is -2.10. The van der Waals surface area contributed by atoms with Gasteiger partial charge in [-0.25, -0.2) is 20.5 Å². The molecule has 0 aliphatic heterocycles. The Kier molecular flexibility index (Phi) is 3.05. The van der Waals surface area contributed by atoms with Gasteiger partial charge in [0, 0.05) is 17.3 Å². The molecule has 0 fully saturated rings. The fourth-order valence-electron chi connectivity index (χ4n) is 1.55. The van der Waals surface area contributed by atoms with Crippen molar-refractivity contribution in [1.29, 1.82) is 0 Å². The van der Waals surface area contributed by atoms with Gasteiger partial charge < -0.3 is 0 Å². The van der Waals surface area contributed by atoms with Crippen LogP contribution in [-0.2, 0) is 7.05 Å². The minimum Gasteiger partial charge on any atom is -0.292 e. The van der Waals surface area contributed by atoms with E-state index in [1.54, 1.807) is 23.1 Å². The van der Waals surface area contributed by atoms with Crippen LogP contribution in [0.4, 0.5) is 5.95 Å². The van der Waals surface area contributed by atoms with Crippen LogP contribution in [0.2, 0.25) is 0 Å². The summed E-state index contributed by atoms with van der Waals surface area (Å²) in [6.07, 6.45) is 0. The zero-order valence-electron chi connectivity index (χ0n) is 10.2. The minimum atomic E-state index is 0.381. The fraction of sp³-hybridized carbons (Fsp3) is 0.222. The Bertz CT molecular complexity index is 733. The number of nitrogen functional groups attached to an aromatic ring is 1. The number of hydrazine groups is 1. The van der Waals surface area contributed by atoms with Crippen molar-refractivity contribution in [3.63, 3.8) is 0 Å². The Labute approximate surface area is 116 Å². The molecule has 0 bridgehead atoms. The number of nitrogens with one attached hydrogen (secondary N) is 1. The smallest absolute Gasteiger partial charge is 0.239 e. The van der Waals surface area contributed by atoms with Crippen molar-refractivity contribution in [2.24, 2.45) is 12.9 Å². The maximum absolute atomic E-state index is 5.39. The van der Waals surface area contributed by atoms with E-state index in [4.69, 9.17) is 5.84 Å². The van der Waals surface area contributed by atoms with Gasteiger partial charge in [0.15, 0.2) is 0 Å². The summed E-state index contributed by atoms with van der Waals surface area (Å²) in [5, 5.41) is 13.8. The topological polar surface area (TPSA) is 107 Å².